The molecule has 0 bridgehead atoms. The molecular formula is C13H21N3O2. The molecule has 2 amide bonds. The van der Waals surface area contributed by atoms with Crippen molar-refractivity contribution in [2.75, 3.05) is 26.2 Å². The van der Waals surface area contributed by atoms with Crippen LogP contribution in [-0.2, 0) is 9.59 Å². The molecule has 0 radical (unpaired) electrons. The number of carbonyl (C=O) groups excluding carboxylic acids is 2. The molecule has 100 valence electrons. The van der Waals surface area contributed by atoms with Crippen LogP contribution >= 0.6 is 0 Å². The van der Waals surface area contributed by atoms with E-state index in [1.54, 1.807) is 0 Å². The van der Waals surface area contributed by atoms with Crippen molar-refractivity contribution in [1.29, 1.82) is 0 Å². The monoisotopic (exact) mass is 251 g/mol. The van der Waals surface area contributed by atoms with Crippen LogP contribution in [0.15, 0.2) is 11.6 Å². The Bertz CT molecular complexity index is 342. The first-order chi connectivity index (χ1) is 8.75. The molecule has 2 aliphatic rings. The highest BCUT2D eigenvalue weighted by molar-refractivity contribution is 5.83. The Morgan fingerprint density at radius 3 is 3.00 bits per heavy atom. The fourth-order valence-electron chi connectivity index (χ4n) is 2.34. The van der Waals surface area contributed by atoms with Crippen molar-refractivity contribution in [3.63, 3.8) is 0 Å². The molecule has 1 saturated heterocycles. The van der Waals surface area contributed by atoms with Crippen molar-refractivity contribution >= 4 is 11.8 Å². The van der Waals surface area contributed by atoms with Crippen molar-refractivity contribution in [3.05, 3.63) is 11.6 Å². The van der Waals surface area contributed by atoms with E-state index in [0.717, 1.165) is 25.9 Å². The second kappa shape index (κ2) is 6.54. The van der Waals surface area contributed by atoms with Crippen molar-refractivity contribution < 1.29 is 9.59 Å². The van der Waals surface area contributed by atoms with E-state index in [0.29, 0.717) is 25.9 Å². The summed E-state index contributed by atoms with van der Waals surface area (Å²) in [5.41, 5.74) is 1.42. The first-order valence-corrected chi connectivity index (χ1v) is 6.69. The molecule has 0 aromatic heterocycles. The highest BCUT2D eigenvalue weighted by Crippen LogP contribution is 2.11. The third-order valence-corrected chi connectivity index (χ3v) is 3.54. The lowest BCUT2D eigenvalue weighted by molar-refractivity contribution is -0.128. The van der Waals surface area contributed by atoms with E-state index in [2.05, 4.69) is 22.0 Å². The Labute approximate surface area is 107 Å². The van der Waals surface area contributed by atoms with Gasteiger partial charge in [0, 0.05) is 26.1 Å². The smallest absolute Gasteiger partial charge is 0.224 e. The van der Waals surface area contributed by atoms with E-state index in [1.165, 1.54) is 5.57 Å². The summed E-state index contributed by atoms with van der Waals surface area (Å²) >= 11 is 0. The lowest BCUT2D eigenvalue weighted by atomic mass is 9.98. The molecule has 1 unspecified atom stereocenters. The molecule has 5 heteroatoms. The maximum absolute atomic E-state index is 11.9. The van der Waals surface area contributed by atoms with Gasteiger partial charge in [-0.3, -0.25) is 9.59 Å². The van der Waals surface area contributed by atoms with E-state index in [4.69, 9.17) is 0 Å². The molecule has 0 spiro atoms. The zero-order valence-electron chi connectivity index (χ0n) is 10.6. The number of nitrogens with one attached hydrogen (secondary N) is 3. The first kappa shape index (κ1) is 13.1. The van der Waals surface area contributed by atoms with Gasteiger partial charge in [0.1, 0.15) is 0 Å². The van der Waals surface area contributed by atoms with E-state index >= 15 is 0 Å². The number of rotatable bonds is 4. The van der Waals surface area contributed by atoms with Crippen molar-refractivity contribution in [1.82, 2.24) is 16.0 Å². The summed E-state index contributed by atoms with van der Waals surface area (Å²) in [6.07, 6.45) is 5.36. The van der Waals surface area contributed by atoms with Crippen molar-refractivity contribution in [3.8, 4) is 0 Å². The standard InChI is InChI=1S/C13H21N3O2/c17-12-2-1-11(9-16-12)13(18)15-8-5-10-3-6-14-7-4-10/h3,11,14H,1-2,4-9H2,(H,15,18)(H,16,17). The molecule has 1 atom stereocenters. The normalized spacial score (nSPS) is 24.1. The molecule has 0 saturated carbocycles. The van der Waals surface area contributed by atoms with Crippen LogP contribution < -0.4 is 16.0 Å². The Morgan fingerprint density at radius 2 is 2.33 bits per heavy atom. The number of piperidine rings is 1. The number of hydrogen-bond donors (Lipinski definition) is 3. The van der Waals surface area contributed by atoms with Crippen LogP contribution in [-0.4, -0.2) is 38.0 Å². The number of hydrogen-bond acceptors (Lipinski definition) is 3. The van der Waals surface area contributed by atoms with E-state index in [9.17, 15) is 9.59 Å². The first-order valence-electron chi connectivity index (χ1n) is 6.69. The molecule has 5 nitrogen and oxygen atoms in total. The van der Waals surface area contributed by atoms with Gasteiger partial charge in [0.05, 0.1) is 5.92 Å². The van der Waals surface area contributed by atoms with Crippen LogP contribution in [0.3, 0.4) is 0 Å². The summed E-state index contributed by atoms with van der Waals surface area (Å²) in [6, 6.07) is 0. The van der Waals surface area contributed by atoms with Crippen LogP contribution in [0.25, 0.3) is 0 Å². The Balaban J connectivity index is 1.65. The maximum Gasteiger partial charge on any atom is 0.224 e. The topological polar surface area (TPSA) is 70.2 Å². The lowest BCUT2D eigenvalue weighted by Crippen LogP contribution is -2.43. The molecule has 0 aromatic rings. The highest BCUT2D eigenvalue weighted by Gasteiger charge is 2.23. The van der Waals surface area contributed by atoms with Gasteiger partial charge in [0.15, 0.2) is 0 Å². The van der Waals surface area contributed by atoms with Crippen LogP contribution in [0.5, 0.6) is 0 Å². The SMILES string of the molecule is O=C1CCC(C(=O)NCCC2=CCNCC2)CN1. The lowest BCUT2D eigenvalue weighted by Gasteiger charge is -2.22. The van der Waals surface area contributed by atoms with Gasteiger partial charge in [-0.05, 0) is 25.8 Å². The molecule has 1 fully saturated rings. The average Bonchev–Trinajstić information content (AvgIpc) is 2.40. The van der Waals surface area contributed by atoms with E-state index in [-0.39, 0.29) is 17.7 Å². The van der Waals surface area contributed by atoms with Gasteiger partial charge in [-0.15, -0.1) is 0 Å². The molecule has 0 aromatic carbocycles. The summed E-state index contributed by atoms with van der Waals surface area (Å²) in [5, 5.41) is 8.96. The molecule has 3 N–H and O–H groups in total. The van der Waals surface area contributed by atoms with Crippen molar-refractivity contribution in [2.45, 2.75) is 25.7 Å². The Hall–Kier alpha value is -1.36. The highest BCUT2D eigenvalue weighted by atomic mass is 16.2. The largest absolute Gasteiger partial charge is 0.355 e. The van der Waals surface area contributed by atoms with Gasteiger partial charge in [0.25, 0.3) is 0 Å². The third-order valence-electron chi connectivity index (χ3n) is 3.54. The zero-order valence-corrected chi connectivity index (χ0v) is 10.6. The summed E-state index contributed by atoms with van der Waals surface area (Å²) < 4.78 is 0. The molecule has 2 heterocycles. The Kier molecular flexibility index (Phi) is 4.75. The van der Waals surface area contributed by atoms with Crippen LogP contribution in [0.2, 0.25) is 0 Å². The second-order valence-corrected chi connectivity index (χ2v) is 4.90. The molecule has 0 aliphatic carbocycles. The number of carbonyl (C=O) groups is 2. The van der Waals surface area contributed by atoms with Crippen molar-refractivity contribution in [2.24, 2.45) is 5.92 Å². The molecular weight excluding hydrogens is 230 g/mol. The predicted octanol–water partition coefficient (Wildman–Crippen LogP) is -0.0614. The van der Waals surface area contributed by atoms with Gasteiger partial charge < -0.3 is 16.0 Å². The maximum atomic E-state index is 11.9. The van der Waals surface area contributed by atoms with E-state index in [1.807, 2.05) is 0 Å². The van der Waals surface area contributed by atoms with E-state index < -0.39 is 0 Å². The van der Waals surface area contributed by atoms with Gasteiger partial charge in [0.2, 0.25) is 11.8 Å². The fraction of sp³-hybridized carbons (Fsp3) is 0.692. The average molecular weight is 251 g/mol. The van der Waals surface area contributed by atoms with Gasteiger partial charge >= 0.3 is 0 Å². The molecule has 2 aliphatic heterocycles. The Morgan fingerprint density at radius 1 is 1.44 bits per heavy atom. The zero-order chi connectivity index (χ0) is 12.8. The quantitative estimate of drug-likeness (QED) is 0.613. The van der Waals surface area contributed by atoms with Crippen LogP contribution in [0.4, 0.5) is 0 Å². The minimum atomic E-state index is -0.0512. The fourth-order valence-corrected chi connectivity index (χ4v) is 2.34. The van der Waals surface area contributed by atoms with Gasteiger partial charge in [-0.25, -0.2) is 0 Å². The van der Waals surface area contributed by atoms with Gasteiger partial charge in [-0.2, -0.15) is 0 Å². The minimum absolute atomic E-state index is 0.0512. The minimum Gasteiger partial charge on any atom is -0.355 e. The summed E-state index contributed by atoms with van der Waals surface area (Å²) in [4.78, 5) is 22.8. The van der Waals surface area contributed by atoms with Crippen LogP contribution in [0, 0.1) is 5.92 Å². The summed E-state index contributed by atoms with van der Waals surface area (Å²) in [6.45, 7) is 3.17. The third kappa shape index (κ3) is 3.84. The predicted molar refractivity (Wildman–Crippen MR) is 68.9 cm³/mol. The second-order valence-electron chi connectivity index (χ2n) is 4.90. The van der Waals surface area contributed by atoms with Gasteiger partial charge in [-0.1, -0.05) is 11.6 Å². The summed E-state index contributed by atoms with van der Waals surface area (Å²) in [5.74, 6) is 0.0770. The molecule has 18 heavy (non-hydrogen) atoms. The summed E-state index contributed by atoms with van der Waals surface area (Å²) in [7, 11) is 0. The molecule has 2 rings (SSSR count). The van der Waals surface area contributed by atoms with Crippen LogP contribution in [0.1, 0.15) is 25.7 Å². The number of amides is 2.